The fourth-order valence-electron chi connectivity index (χ4n) is 3.63. The van der Waals surface area contributed by atoms with Crippen LogP contribution in [0.15, 0.2) is 29.3 Å². The summed E-state index contributed by atoms with van der Waals surface area (Å²) in [4.78, 5) is 42.9. The predicted octanol–water partition coefficient (Wildman–Crippen LogP) is 1.69. The quantitative estimate of drug-likeness (QED) is 0.781. The van der Waals surface area contributed by atoms with Crippen LogP contribution in [-0.4, -0.2) is 46.5 Å². The van der Waals surface area contributed by atoms with Gasteiger partial charge in [0.05, 0.1) is 29.9 Å². The number of nitrogens with zero attached hydrogens (tertiary/aromatic N) is 3. The normalized spacial score (nSPS) is 20.2. The zero-order chi connectivity index (χ0) is 18.8. The maximum atomic E-state index is 12.7. The topological polar surface area (TPSA) is 81.5 Å². The Labute approximate surface area is 151 Å². The maximum Gasteiger partial charge on any atom is 0.337 e. The lowest BCUT2D eigenvalue weighted by molar-refractivity contribution is -0.134. The number of ether oxygens (including phenoxy) is 1. The van der Waals surface area contributed by atoms with E-state index in [1.165, 1.54) is 30.1 Å². The summed E-state index contributed by atoms with van der Waals surface area (Å²) in [7, 11) is 1.30. The Balaban J connectivity index is 1.84. The Hall–Kier alpha value is -2.70. The zero-order valence-electron chi connectivity index (χ0n) is 15.3. The second-order valence-electron chi connectivity index (χ2n) is 7.15. The minimum atomic E-state index is -0.485. The van der Waals surface area contributed by atoms with E-state index in [0.717, 1.165) is 19.5 Å². The molecule has 1 fully saturated rings. The Kier molecular flexibility index (Phi) is 5.06. The molecule has 1 aromatic heterocycles. The summed E-state index contributed by atoms with van der Waals surface area (Å²) < 4.78 is 6.00. The molecule has 1 aromatic carbocycles. The number of rotatable bonds is 3. The van der Waals surface area contributed by atoms with Crippen LogP contribution in [0.25, 0.3) is 10.9 Å². The van der Waals surface area contributed by atoms with Gasteiger partial charge in [-0.05, 0) is 36.5 Å². The van der Waals surface area contributed by atoms with Gasteiger partial charge in [-0.2, -0.15) is 0 Å². The second kappa shape index (κ2) is 7.27. The highest BCUT2D eigenvalue weighted by Crippen LogP contribution is 2.21. The number of hydrogen-bond acceptors (Lipinski definition) is 5. The van der Waals surface area contributed by atoms with Crippen molar-refractivity contribution in [3.05, 3.63) is 40.4 Å². The van der Waals surface area contributed by atoms with Gasteiger partial charge >= 0.3 is 5.97 Å². The molecule has 0 unspecified atom stereocenters. The molecule has 2 aromatic rings. The highest BCUT2D eigenvalue weighted by atomic mass is 16.5. The van der Waals surface area contributed by atoms with Gasteiger partial charge in [-0.25, -0.2) is 9.78 Å². The van der Waals surface area contributed by atoms with Crippen molar-refractivity contribution in [3.8, 4) is 0 Å². The van der Waals surface area contributed by atoms with Gasteiger partial charge in [0, 0.05) is 13.1 Å². The second-order valence-corrected chi connectivity index (χ2v) is 7.15. The number of carbonyl (C=O) groups excluding carboxylic acids is 2. The number of aromatic nitrogens is 2. The molecule has 138 valence electrons. The zero-order valence-corrected chi connectivity index (χ0v) is 15.3. The molecular weight excluding hydrogens is 334 g/mol. The van der Waals surface area contributed by atoms with Crippen LogP contribution in [-0.2, 0) is 16.1 Å². The van der Waals surface area contributed by atoms with Crippen LogP contribution < -0.4 is 5.56 Å². The van der Waals surface area contributed by atoms with Crippen LogP contribution in [0.1, 0.15) is 30.6 Å². The van der Waals surface area contributed by atoms with E-state index in [-0.39, 0.29) is 18.0 Å². The number of carbonyl (C=O) groups is 2. The first-order valence-electron chi connectivity index (χ1n) is 8.74. The predicted molar refractivity (Wildman–Crippen MR) is 96.9 cm³/mol. The van der Waals surface area contributed by atoms with Crippen molar-refractivity contribution in [3.63, 3.8) is 0 Å². The molecule has 0 N–H and O–H groups in total. The Morgan fingerprint density at radius 3 is 2.58 bits per heavy atom. The maximum absolute atomic E-state index is 12.7. The van der Waals surface area contributed by atoms with Crippen LogP contribution in [0.5, 0.6) is 0 Å². The fraction of sp³-hybridized carbons (Fsp3) is 0.474. The molecule has 0 spiro atoms. The molecule has 1 aliphatic heterocycles. The minimum Gasteiger partial charge on any atom is -0.465 e. The average molecular weight is 357 g/mol. The van der Waals surface area contributed by atoms with E-state index >= 15 is 0 Å². The molecular formula is C19H23N3O4. The Morgan fingerprint density at radius 1 is 1.23 bits per heavy atom. The van der Waals surface area contributed by atoms with Gasteiger partial charge in [0.25, 0.3) is 5.56 Å². The lowest BCUT2D eigenvalue weighted by Crippen LogP contribution is -2.44. The molecule has 1 aliphatic rings. The van der Waals surface area contributed by atoms with E-state index in [1.54, 1.807) is 6.07 Å². The van der Waals surface area contributed by atoms with Crippen molar-refractivity contribution in [1.29, 1.82) is 0 Å². The summed E-state index contributed by atoms with van der Waals surface area (Å²) in [6.45, 7) is 5.69. The summed E-state index contributed by atoms with van der Waals surface area (Å²) in [6.07, 6.45) is 2.48. The largest absolute Gasteiger partial charge is 0.465 e. The number of piperidine rings is 1. The SMILES string of the molecule is COC(=O)c1ccc2c(=O)n(CC(=O)N3C[C@H](C)C[C@@H](C)C3)cnc2c1. The first-order valence-corrected chi connectivity index (χ1v) is 8.74. The van der Waals surface area contributed by atoms with Crippen LogP contribution in [0.3, 0.4) is 0 Å². The number of fused-ring (bicyclic) bond motifs is 1. The van der Waals surface area contributed by atoms with Crippen molar-refractivity contribution in [2.75, 3.05) is 20.2 Å². The first kappa shape index (κ1) is 18.1. The summed E-state index contributed by atoms with van der Waals surface area (Å²) in [5.41, 5.74) is 0.441. The van der Waals surface area contributed by atoms with E-state index in [4.69, 9.17) is 0 Å². The molecule has 0 radical (unpaired) electrons. The molecule has 3 rings (SSSR count). The van der Waals surface area contributed by atoms with Crippen molar-refractivity contribution in [2.45, 2.75) is 26.8 Å². The van der Waals surface area contributed by atoms with Gasteiger partial charge in [0.1, 0.15) is 6.54 Å². The van der Waals surface area contributed by atoms with Gasteiger partial charge < -0.3 is 9.64 Å². The van der Waals surface area contributed by atoms with Crippen molar-refractivity contribution < 1.29 is 14.3 Å². The molecule has 2 atom stereocenters. The number of amides is 1. The Bertz CT molecular complexity index is 895. The summed E-state index contributed by atoms with van der Waals surface area (Å²) in [5.74, 6) is 0.371. The summed E-state index contributed by atoms with van der Waals surface area (Å²) >= 11 is 0. The van der Waals surface area contributed by atoms with E-state index < -0.39 is 5.97 Å². The van der Waals surface area contributed by atoms with Gasteiger partial charge in [-0.1, -0.05) is 13.8 Å². The lowest BCUT2D eigenvalue weighted by atomic mass is 9.92. The third kappa shape index (κ3) is 3.61. The molecule has 1 amide bonds. The smallest absolute Gasteiger partial charge is 0.337 e. The standard InChI is InChI=1S/C19H23N3O4/c1-12-6-13(2)9-21(8-12)17(23)10-22-11-20-16-7-14(19(25)26-3)4-5-15(16)18(22)24/h4-5,7,11-13H,6,8-10H2,1-3H3/t12-,13-/m1/s1. The number of likely N-dealkylation sites (tertiary alicyclic amines) is 1. The molecule has 0 saturated carbocycles. The third-order valence-electron chi connectivity index (χ3n) is 4.77. The Morgan fingerprint density at radius 2 is 1.92 bits per heavy atom. The van der Waals surface area contributed by atoms with Crippen molar-refractivity contribution in [1.82, 2.24) is 14.5 Å². The molecule has 1 saturated heterocycles. The highest BCUT2D eigenvalue weighted by Gasteiger charge is 2.25. The average Bonchev–Trinajstić information content (AvgIpc) is 2.62. The van der Waals surface area contributed by atoms with E-state index in [1.807, 2.05) is 4.90 Å². The van der Waals surface area contributed by atoms with Crippen molar-refractivity contribution >= 4 is 22.8 Å². The van der Waals surface area contributed by atoms with Gasteiger partial charge in [-0.15, -0.1) is 0 Å². The number of esters is 1. The van der Waals surface area contributed by atoms with E-state index in [9.17, 15) is 14.4 Å². The van der Waals surface area contributed by atoms with E-state index in [2.05, 4.69) is 23.6 Å². The number of hydrogen-bond donors (Lipinski definition) is 0. The molecule has 26 heavy (non-hydrogen) atoms. The highest BCUT2D eigenvalue weighted by molar-refractivity contribution is 5.94. The van der Waals surface area contributed by atoms with Crippen LogP contribution in [0, 0.1) is 11.8 Å². The molecule has 7 heteroatoms. The monoisotopic (exact) mass is 357 g/mol. The third-order valence-corrected chi connectivity index (χ3v) is 4.77. The van der Waals surface area contributed by atoms with Crippen LogP contribution in [0.4, 0.5) is 0 Å². The van der Waals surface area contributed by atoms with Crippen molar-refractivity contribution in [2.24, 2.45) is 11.8 Å². The number of benzene rings is 1. The summed E-state index contributed by atoms with van der Waals surface area (Å²) in [5, 5.41) is 0.369. The minimum absolute atomic E-state index is 0.0278. The molecule has 0 bridgehead atoms. The van der Waals surface area contributed by atoms with Gasteiger partial charge in [-0.3, -0.25) is 14.2 Å². The van der Waals surface area contributed by atoms with Crippen LogP contribution in [0.2, 0.25) is 0 Å². The lowest BCUT2D eigenvalue weighted by Gasteiger charge is -2.35. The summed E-state index contributed by atoms with van der Waals surface area (Å²) in [6, 6.07) is 4.59. The van der Waals surface area contributed by atoms with E-state index in [0.29, 0.717) is 28.3 Å². The number of methoxy groups -OCH3 is 1. The molecule has 7 nitrogen and oxygen atoms in total. The first-order chi connectivity index (χ1) is 12.4. The molecule has 0 aliphatic carbocycles. The van der Waals surface area contributed by atoms with Gasteiger partial charge in [0.15, 0.2) is 0 Å². The fourth-order valence-corrected chi connectivity index (χ4v) is 3.63. The van der Waals surface area contributed by atoms with Crippen LogP contribution >= 0.6 is 0 Å². The van der Waals surface area contributed by atoms with Gasteiger partial charge in [0.2, 0.25) is 5.91 Å². The molecule has 2 heterocycles.